The summed E-state index contributed by atoms with van der Waals surface area (Å²) >= 11 is 0. The normalized spacial score (nSPS) is 24.7. The van der Waals surface area contributed by atoms with Crippen LogP contribution < -0.4 is 14.4 Å². The first-order valence-electron chi connectivity index (χ1n) is 16.1. The third kappa shape index (κ3) is 5.64. The van der Waals surface area contributed by atoms with E-state index in [0.717, 1.165) is 68.2 Å². The Balaban J connectivity index is 0.937. The van der Waals surface area contributed by atoms with Crippen LogP contribution >= 0.6 is 0 Å². The third-order valence-electron chi connectivity index (χ3n) is 9.81. The maximum Gasteiger partial charge on any atom is 0.212 e. The fraction of sp³-hybridized carbons (Fsp3) is 0.471. The zero-order valence-electron chi connectivity index (χ0n) is 26.0. The lowest BCUT2D eigenvalue weighted by Crippen LogP contribution is -2.68. The molecule has 46 heavy (non-hydrogen) atoms. The number of ether oxygens (including phenoxy) is 4. The van der Waals surface area contributed by atoms with Crippen LogP contribution in [0.1, 0.15) is 24.0 Å². The van der Waals surface area contributed by atoms with Crippen molar-refractivity contribution < 1.29 is 18.9 Å². The van der Waals surface area contributed by atoms with Crippen molar-refractivity contribution in [3.63, 3.8) is 0 Å². The first-order chi connectivity index (χ1) is 22.6. The lowest BCUT2D eigenvalue weighted by atomic mass is 9.87. The summed E-state index contributed by atoms with van der Waals surface area (Å²) in [6.45, 7) is 7.31. The Morgan fingerprint density at radius 2 is 1.87 bits per heavy atom. The molecule has 0 amide bonds. The van der Waals surface area contributed by atoms with E-state index in [-0.39, 0.29) is 12.2 Å². The van der Waals surface area contributed by atoms with Crippen LogP contribution in [0.2, 0.25) is 0 Å². The van der Waals surface area contributed by atoms with E-state index in [1.165, 1.54) is 12.0 Å². The summed E-state index contributed by atoms with van der Waals surface area (Å²) in [5.74, 6) is 2.31. The number of likely N-dealkylation sites (tertiary alicyclic amines) is 1. The number of fused-ring (bicyclic) bond motifs is 4. The molecule has 238 valence electrons. The van der Waals surface area contributed by atoms with Gasteiger partial charge in [0, 0.05) is 80.9 Å². The standard InChI is InChI=1S/C34H38N8O4/c1-43-33-5-2-23(15-37-33)18-41-26-12-27(41)20-40(19-26)32-4-3-24(16-36-32)29-13-28(21-42-34(29)25(14-35)17-38-42)44-9-8-39-7-6-30-31(22-39)46-11-10-45-30/h2-5,13,15-17,21,26-27,30-31H,6-12,18-20,22H2,1H3. The molecule has 0 N–H and O–H groups in total. The second kappa shape index (κ2) is 12.5. The second-order valence-corrected chi connectivity index (χ2v) is 12.5. The van der Waals surface area contributed by atoms with Crippen molar-refractivity contribution in [1.29, 1.82) is 5.26 Å². The number of piperazine rings is 1. The molecule has 0 aliphatic carbocycles. The molecule has 5 aliphatic heterocycles. The molecule has 0 radical (unpaired) electrons. The van der Waals surface area contributed by atoms with Gasteiger partial charge in [-0.25, -0.2) is 14.5 Å². The molecule has 4 unspecified atom stereocenters. The van der Waals surface area contributed by atoms with E-state index in [0.29, 0.717) is 49.1 Å². The number of piperidine rings is 2. The summed E-state index contributed by atoms with van der Waals surface area (Å²) in [6, 6.07) is 13.5. The Morgan fingerprint density at radius 1 is 1.00 bits per heavy atom. The number of nitrogens with zero attached hydrogens (tertiary/aromatic N) is 8. The fourth-order valence-corrected chi connectivity index (χ4v) is 7.38. The van der Waals surface area contributed by atoms with Gasteiger partial charge in [-0.1, -0.05) is 6.07 Å². The van der Waals surface area contributed by atoms with E-state index in [9.17, 15) is 5.26 Å². The van der Waals surface area contributed by atoms with Crippen molar-refractivity contribution >= 4 is 11.3 Å². The van der Waals surface area contributed by atoms with E-state index in [1.807, 2.05) is 30.7 Å². The van der Waals surface area contributed by atoms with Crippen molar-refractivity contribution in [3.8, 4) is 28.8 Å². The molecule has 12 nitrogen and oxygen atoms in total. The van der Waals surface area contributed by atoms with Crippen LogP contribution in [0.4, 0.5) is 5.82 Å². The van der Waals surface area contributed by atoms with Crippen molar-refractivity contribution in [2.75, 3.05) is 64.6 Å². The van der Waals surface area contributed by atoms with Crippen molar-refractivity contribution in [1.82, 2.24) is 29.4 Å². The topological polar surface area (TPSA) is 114 Å². The second-order valence-electron chi connectivity index (χ2n) is 12.5. The Morgan fingerprint density at radius 3 is 2.63 bits per heavy atom. The minimum atomic E-state index is 0.140. The minimum Gasteiger partial charge on any atom is -0.491 e. The van der Waals surface area contributed by atoms with Gasteiger partial charge in [0.15, 0.2) is 0 Å². The molecular weight excluding hydrogens is 584 g/mol. The highest BCUT2D eigenvalue weighted by Crippen LogP contribution is 2.36. The highest BCUT2D eigenvalue weighted by Gasteiger charge is 2.44. The lowest BCUT2D eigenvalue weighted by Gasteiger charge is -2.56. The predicted octanol–water partition coefficient (Wildman–Crippen LogP) is 3.00. The van der Waals surface area contributed by atoms with Gasteiger partial charge in [-0.3, -0.25) is 9.80 Å². The maximum absolute atomic E-state index is 9.82. The van der Waals surface area contributed by atoms with Gasteiger partial charge in [-0.2, -0.15) is 10.4 Å². The number of hydrogen-bond acceptors (Lipinski definition) is 11. The first kappa shape index (κ1) is 29.1. The SMILES string of the molecule is COc1ccc(CN2C3CC2CN(c2ccc(-c4cc(OCCN5CCC6OCCOC6C5)cn5ncc(C#N)c45)cn2)C3)cn1. The molecule has 0 aromatic carbocycles. The molecule has 4 aromatic heterocycles. The number of methoxy groups -OCH3 is 1. The van der Waals surface area contributed by atoms with Crippen LogP contribution in [0.5, 0.6) is 11.6 Å². The number of aromatic nitrogens is 4. The van der Waals surface area contributed by atoms with E-state index < -0.39 is 0 Å². The average molecular weight is 623 g/mol. The van der Waals surface area contributed by atoms with Crippen LogP contribution in [0, 0.1) is 11.3 Å². The number of nitriles is 1. The summed E-state index contributed by atoms with van der Waals surface area (Å²) in [7, 11) is 1.64. The summed E-state index contributed by atoms with van der Waals surface area (Å²) < 4.78 is 25.0. The van der Waals surface area contributed by atoms with E-state index in [1.54, 1.807) is 17.8 Å². The van der Waals surface area contributed by atoms with Gasteiger partial charge in [0.2, 0.25) is 5.88 Å². The van der Waals surface area contributed by atoms with Gasteiger partial charge in [-0.05, 0) is 36.6 Å². The summed E-state index contributed by atoms with van der Waals surface area (Å²) in [6.07, 6.45) is 9.80. The summed E-state index contributed by atoms with van der Waals surface area (Å²) in [5.41, 5.74) is 4.27. The van der Waals surface area contributed by atoms with Gasteiger partial charge in [0.05, 0.1) is 56.0 Å². The smallest absolute Gasteiger partial charge is 0.212 e. The third-order valence-corrected chi connectivity index (χ3v) is 9.81. The van der Waals surface area contributed by atoms with Crippen LogP contribution in [0.15, 0.2) is 55.1 Å². The van der Waals surface area contributed by atoms with E-state index >= 15 is 0 Å². The largest absolute Gasteiger partial charge is 0.491 e. The van der Waals surface area contributed by atoms with Gasteiger partial charge in [0.1, 0.15) is 24.2 Å². The quantitative estimate of drug-likeness (QED) is 0.275. The van der Waals surface area contributed by atoms with Gasteiger partial charge in [-0.15, -0.1) is 0 Å². The highest BCUT2D eigenvalue weighted by atomic mass is 16.6. The molecule has 2 bridgehead atoms. The van der Waals surface area contributed by atoms with Crippen LogP contribution in [-0.2, 0) is 16.0 Å². The minimum absolute atomic E-state index is 0.140. The summed E-state index contributed by atoms with van der Waals surface area (Å²) in [4.78, 5) is 16.6. The van der Waals surface area contributed by atoms with Crippen LogP contribution in [0.3, 0.4) is 0 Å². The zero-order chi connectivity index (χ0) is 31.0. The summed E-state index contributed by atoms with van der Waals surface area (Å²) in [5, 5.41) is 14.3. The van der Waals surface area contributed by atoms with E-state index in [2.05, 4.69) is 49.1 Å². The Labute approximate surface area is 268 Å². The number of rotatable bonds is 9. The molecule has 4 aromatic rings. The molecule has 4 atom stereocenters. The number of hydrogen-bond donors (Lipinski definition) is 0. The molecular formula is C34H38N8O4. The highest BCUT2D eigenvalue weighted by molar-refractivity contribution is 5.85. The average Bonchev–Trinajstić information content (AvgIpc) is 3.54. The Kier molecular flexibility index (Phi) is 7.91. The Hall–Kier alpha value is -4.28. The zero-order valence-corrected chi connectivity index (χ0v) is 26.0. The fourth-order valence-electron chi connectivity index (χ4n) is 7.38. The first-order valence-corrected chi connectivity index (χ1v) is 16.1. The van der Waals surface area contributed by atoms with Crippen molar-refractivity contribution in [2.24, 2.45) is 0 Å². The molecule has 5 saturated heterocycles. The molecule has 12 heteroatoms. The predicted molar refractivity (Wildman–Crippen MR) is 170 cm³/mol. The molecule has 5 fully saturated rings. The number of anilines is 1. The molecule has 9 rings (SSSR count). The van der Waals surface area contributed by atoms with Gasteiger partial charge >= 0.3 is 0 Å². The lowest BCUT2D eigenvalue weighted by molar-refractivity contribution is -0.165. The van der Waals surface area contributed by atoms with Crippen molar-refractivity contribution in [2.45, 2.75) is 43.7 Å². The maximum atomic E-state index is 9.82. The Bertz CT molecular complexity index is 1710. The van der Waals surface area contributed by atoms with Crippen LogP contribution in [0.25, 0.3) is 16.6 Å². The van der Waals surface area contributed by atoms with E-state index in [4.69, 9.17) is 23.9 Å². The van der Waals surface area contributed by atoms with Crippen LogP contribution in [-0.4, -0.2) is 113 Å². The molecule has 0 saturated carbocycles. The monoisotopic (exact) mass is 622 g/mol. The van der Waals surface area contributed by atoms with Gasteiger partial charge < -0.3 is 23.8 Å². The van der Waals surface area contributed by atoms with Gasteiger partial charge in [0.25, 0.3) is 0 Å². The molecule has 0 spiro atoms. The number of pyridine rings is 3. The van der Waals surface area contributed by atoms with Crippen molar-refractivity contribution in [3.05, 3.63) is 66.2 Å². The molecule has 9 heterocycles. The molecule has 5 aliphatic rings.